The molecule has 0 aliphatic heterocycles. The molecule has 6 heteroatoms. The van der Waals surface area contributed by atoms with E-state index in [9.17, 15) is 9.90 Å². The summed E-state index contributed by atoms with van der Waals surface area (Å²) in [5, 5.41) is 14.7. The van der Waals surface area contributed by atoms with E-state index in [0.29, 0.717) is 24.5 Å². The van der Waals surface area contributed by atoms with Crippen molar-refractivity contribution in [2.24, 2.45) is 0 Å². The minimum atomic E-state index is -0.714. The number of nitrogens with one attached hydrogen (secondary N) is 1. The Hall–Kier alpha value is -1.92. The molecule has 0 bridgehead atoms. The molecule has 0 saturated heterocycles. The van der Waals surface area contributed by atoms with Crippen LogP contribution in [0, 0.1) is 0 Å². The fourth-order valence-corrected chi connectivity index (χ4v) is 2.84. The van der Waals surface area contributed by atoms with Crippen LogP contribution in [0.15, 0.2) is 35.2 Å². The van der Waals surface area contributed by atoms with Gasteiger partial charge in [0.2, 0.25) is 0 Å². The average molecular weight is 318 g/mol. The molecule has 1 aromatic heterocycles. The van der Waals surface area contributed by atoms with Gasteiger partial charge in [0.05, 0.1) is 16.8 Å². The molecule has 22 heavy (non-hydrogen) atoms. The van der Waals surface area contributed by atoms with Crippen LogP contribution in [-0.4, -0.2) is 28.1 Å². The molecule has 0 spiro atoms. The van der Waals surface area contributed by atoms with E-state index < -0.39 is 5.60 Å². The molecule has 1 heterocycles. The number of carbonyl (C=O) groups is 1. The quantitative estimate of drug-likeness (QED) is 0.858. The topological polar surface area (TPSA) is 71.5 Å². The van der Waals surface area contributed by atoms with Gasteiger partial charge in [-0.05, 0) is 37.5 Å². The first kappa shape index (κ1) is 15.0. The van der Waals surface area contributed by atoms with Crippen LogP contribution in [-0.2, 0) is 6.61 Å². The summed E-state index contributed by atoms with van der Waals surface area (Å²) in [7, 11) is 0. The van der Waals surface area contributed by atoms with Gasteiger partial charge < -0.3 is 15.2 Å². The highest BCUT2D eigenvalue weighted by Gasteiger charge is 2.34. The van der Waals surface area contributed by atoms with Crippen LogP contribution < -0.4 is 10.1 Å². The Labute approximate surface area is 133 Å². The molecular weight excluding hydrogens is 300 g/mol. The van der Waals surface area contributed by atoms with Crippen LogP contribution in [0.2, 0.25) is 0 Å². The number of nitrogens with zero attached hydrogens (tertiary/aromatic N) is 1. The molecule has 2 aromatic rings. The largest absolute Gasteiger partial charge is 0.487 e. The van der Waals surface area contributed by atoms with Gasteiger partial charge >= 0.3 is 0 Å². The summed E-state index contributed by atoms with van der Waals surface area (Å²) in [5.74, 6) is 0.433. The fourth-order valence-electron chi connectivity index (χ4n) is 2.30. The fraction of sp³-hybridized carbons (Fsp3) is 0.375. The second-order valence-electron chi connectivity index (χ2n) is 5.56. The molecule has 1 fully saturated rings. The van der Waals surface area contributed by atoms with E-state index in [1.807, 2.05) is 11.4 Å². The lowest BCUT2D eigenvalue weighted by Gasteiger charge is -2.36. The number of aliphatic hydroxyl groups is 1. The van der Waals surface area contributed by atoms with E-state index in [2.05, 4.69) is 10.3 Å². The molecule has 5 nitrogen and oxygen atoms in total. The van der Waals surface area contributed by atoms with E-state index in [1.54, 1.807) is 23.7 Å². The van der Waals surface area contributed by atoms with Crippen LogP contribution in [0.3, 0.4) is 0 Å². The van der Waals surface area contributed by atoms with E-state index in [1.165, 1.54) is 11.3 Å². The smallest absolute Gasteiger partial charge is 0.251 e. The Morgan fingerprint density at radius 3 is 3.00 bits per heavy atom. The number of hydrogen-bond donors (Lipinski definition) is 2. The molecule has 0 unspecified atom stereocenters. The zero-order chi connectivity index (χ0) is 15.4. The third-order valence-corrected chi connectivity index (χ3v) is 4.46. The first-order chi connectivity index (χ1) is 10.6. The van der Waals surface area contributed by atoms with Crippen molar-refractivity contribution in [3.8, 4) is 5.75 Å². The average Bonchev–Trinajstić information content (AvgIpc) is 3.02. The van der Waals surface area contributed by atoms with Crippen molar-refractivity contribution in [3.05, 3.63) is 46.4 Å². The summed E-state index contributed by atoms with van der Waals surface area (Å²) >= 11 is 1.52. The molecule has 1 saturated carbocycles. The van der Waals surface area contributed by atoms with Crippen LogP contribution in [0.4, 0.5) is 0 Å². The lowest BCUT2D eigenvalue weighted by atomic mass is 9.80. The summed E-state index contributed by atoms with van der Waals surface area (Å²) in [6.45, 7) is 0.685. The molecule has 1 amide bonds. The number of ether oxygens (including phenoxy) is 1. The van der Waals surface area contributed by atoms with Crippen molar-refractivity contribution in [2.75, 3.05) is 6.54 Å². The Bertz CT molecular complexity index is 639. The minimum Gasteiger partial charge on any atom is -0.487 e. The number of thiazole rings is 1. The van der Waals surface area contributed by atoms with Gasteiger partial charge in [-0.25, -0.2) is 4.98 Å². The molecule has 0 radical (unpaired) electrons. The molecule has 0 atom stereocenters. The Balaban J connectivity index is 1.56. The SMILES string of the molecule is O=C(NCC1(O)CCC1)c1cccc(OCc2cscn2)c1. The molecule has 1 aromatic carbocycles. The molecular formula is C16H18N2O3S. The number of benzene rings is 1. The standard InChI is InChI=1S/C16H18N2O3S/c19-15(17-10-16(20)5-2-6-16)12-3-1-4-14(7-12)21-8-13-9-22-11-18-13/h1,3-4,7,9,11,20H,2,5-6,8,10H2,(H,17,19). The van der Waals surface area contributed by atoms with E-state index in [4.69, 9.17) is 4.74 Å². The normalized spacial score (nSPS) is 15.9. The molecule has 1 aliphatic rings. The lowest BCUT2D eigenvalue weighted by Crippen LogP contribution is -2.47. The van der Waals surface area contributed by atoms with E-state index in [-0.39, 0.29) is 5.91 Å². The maximum atomic E-state index is 12.1. The van der Waals surface area contributed by atoms with Gasteiger partial charge in [0.25, 0.3) is 5.91 Å². The first-order valence-corrected chi connectivity index (χ1v) is 8.19. The van der Waals surface area contributed by atoms with Gasteiger partial charge in [-0.2, -0.15) is 0 Å². The molecule has 116 valence electrons. The number of aromatic nitrogens is 1. The zero-order valence-electron chi connectivity index (χ0n) is 12.1. The summed E-state index contributed by atoms with van der Waals surface area (Å²) in [6.07, 6.45) is 2.53. The van der Waals surface area contributed by atoms with Crippen molar-refractivity contribution in [1.82, 2.24) is 10.3 Å². The van der Waals surface area contributed by atoms with Crippen molar-refractivity contribution in [2.45, 2.75) is 31.5 Å². The summed E-state index contributed by atoms with van der Waals surface area (Å²) in [6, 6.07) is 7.02. The highest BCUT2D eigenvalue weighted by molar-refractivity contribution is 7.07. The predicted octanol–water partition coefficient (Wildman–Crippen LogP) is 2.37. The summed E-state index contributed by atoms with van der Waals surface area (Å²) in [5.41, 5.74) is 2.44. The first-order valence-electron chi connectivity index (χ1n) is 7.25. The highest BCUT2D eigenvalue weighted by atomic mass is 32.1. The third kappa shape index (κ3) is 3.64. The second kappa shape index (κ2) is 6.46. The van der Waals surface area contributed by atoms with Gasteiger partial charge in [-0.1, -0.05) is 6.07 Å². The summed E-state index contributed by atoms with van der Waals surface area (Å²) < 4.78 is 5.63. The third-order valence-electron chi connectivity index (χ3n) is 3.83. The Kier molecular flexibility index (Phi) is 4.40. The van der Waals surface area contributed by atoms with Crippen molar-refractivity contribution < 1.29 is 14.6 Å². The van der Waals surface area contributed by atoms with Gasteiger partial charge in [-0.15, -0.1) is 11.3 Å². The maximum absolute atomic E-state index is 12.1. The van der Waals surface area contributed by atoms with Gasteiger partial charge in [-0.3, -0.25) is 4.79 Å². The number of rotatable bonds is 6. The number of hydrogen-bond acceptors (Lipinski definition) is 5. The van der Waals surface area contributed by atoms with E-state index in [0.717, 1.165) is 25.0 Å². The van der Waals surface area contributed by atoms with E-state index >= 15 is 0 Å². The van der Waals surface area contributed by atoms with Crippen molar-refractivity contribution in [1.29, 1.82) is 0 Å². The predicted molar refractivity (Wildman–Crippen MR) is 84.0 cm³/mol. The van der Waals surface area contributed by atoms with Crippen LogP contribution in [0.25, 0.3) is 0 Å². The highest BCUT2D eigenvalue weighted by Crippen LogP contribution is 2.30. The molecule has 1 aliphatic carbocycles. The number of amides is 1. The van der Waals surface area contributed by atoms with Gasteiger partial charge in [0.1, 0.15) is 12.4 Å². The zero-order valence-corrected chi connectivity index (χ0v) is 12.9. The minimum absolute atomic E-state index is 0.195. The summed E-state index contributed by atoms with van der Waals surface area (Å²) in [4.78, 5) is 16.3. The number of carbonyl (C=O) groups excluding carboxylic acids is 1. The Morgan fingerprint density at radius 1 is 1.45 bits per heavy atom. The second-order valence-corrected chi connectivity index (χ2v) is 6.28. The Morgan fingerprint density at radius 2 is 2.32 bits per heavy atom. The lowest BCUT2D eigenvalue weighted by molar-refractivity contribution is -0.0300. The molecule has 3 rings (SSSR count). The maximum Gasteiger partial charge on any atom is 0.251 e. The molecule has 2 N–H and O–H groups in total. The van der Waals surface area contributed by atoms with Crippen molar-refractivity contribution >= 4 is 17.2 Å². The van der Waals surface area contributed by atoms with Crippen LogP contribution >= 0.6 is 11.3 Å². The van der Waals surface area contributed by atoms with Crippen molar-refractivity contribution in [3.63, 3.8) is 0 Å². The van der Waals surface area contributed by atoms with Gasteiger partial charge in [0.15, 0.2) is 0 Å². The van der Waals surface area contributed by atoms with Crippen LogP contribution in [0.1, 0.15) is 35.3 Å². The van der Waals surface area contributed by atoms with Gasteiger partial charge in [0, 0.05) is 17.5 Å². The monoisotopic (exact) mass is 318 g/mol. The van der Waals surface area contributed by atoms with Crippen LogP contribution in [0.5, 0.6) is 5.75 Å².